The Bertz CT molecular complexity index is 401. The van der Waals surface area contributed by atoms with E-state index in [-0.39, 0.29) is 11.7 Å². The van der Waals surface area contributed by atoms with Crippen LogP contribution in [0.1, 0.15) is 19.3 Å². The largest absolute Gasteiger partial charge is 0.488 e. The van der Waals surface area contributed by atoms with Crippen molar-refractivity contribution in [1.82, 2.24) is 5.32 Å². The molecule has 0 amide bonds. The smallest absolute Gasteiger partial charge is 0.125 e. The van der Waals surface area contributed by atoms with Crippen LogP contribution in [-0.4, -0.2) is 31.4 Å². The Labute approximate surface area is 112 Å². The van der Waals surface area contributed by atoms with E-state index in [1.54, 1.807) is 0 Å². The fraction of sp³-hybridized carbons (Fsp3) is 0.571. The molecule has 3 rings (SSSR count). The molecule has 3 nitrogen and oxygen atoms in total. The van der Waals surface area contributed by atoms with Crippen LogP contribution in [0.25, 0.3) is 0 Å². The van der Waals surface area contributed by atoms with E-state index in [4.69, 9.17) is 21.1 Å². The summed E-state index contributed by atoms with van der Waals surface area (Å²) in [5, 5.41) is 4.11. The highest BCUT2D eigenvalue weighted by molar-refractivity contribution is 6.30. The monoisotopic (exact) mass is 267 g/mol. The predicted molar refractivity (Wildman–Crippen MR) is 71.3 cm³/mol. The third-order valence-corrected chi connectivity index (χ3v) is 4.06. The summed E-state index contributed by atoms with van der Waals surface area (Å²) in [5.74, 6) is 0.874. The third kappa shape index (κ3) is 2.63. The summed E-state index contributed by atoms with van der Waals surface area (Å²) in [7, 11) is 0. The molecule has 2 saturated heterocycles. The molecule has 4 heteroatoms. The minimum Gasteiger partial charge on any atom is -0.488 e. The molecule has 0 aliphatic carbocycles. The van der Waals surface area contributed by atoms with E-state index in [9.17, 15) is 0 Å². The molecule has 0 saturated carbocycles. The second-order valence-electron chi connectivity index (χ2n) is 5.14. The molecule has 0 radical (unpaired) electrons. The van der Waals surface area contributed by atoms with Gasteiger partial charge in [-0.2, -0.15) is 0 Å². The lowest BCUT2D eigenvalue weighted by Gasteiger charge is -2.32. The lowest BCUT2D eigenvalue weighted by Crippen LogP contribution is -2.41. The topological polar surface area (TPSA) is 30.5 Å². The van der Waals surface area contributed by atoms with E-state index in [0.717, 1.165) is 43.1 Å². The summed E-state index contributed by atoms with van der Waals surface area (Å²) in [4.78, 5) is 0. The zero-order chi connectivity index (χ0) is 12.4. The number of halogens is 1. The first-order valence-corrected chi connectivity index (χ1v) is 6.91. The molecule has 2 aliphatic rings. The Balaban J connectivity index is 1.60. The van der Waals surface area contributed by atoms with Crippen molar-refractivity contribution in [2.45, 2.75) is 31.0 Å². The first-order chi connectivity index (χ1) is 8.76. The zero-order valence-corrected chi connectivity index (χ0v) is 11.1. The molecule has 98 valence electrons. The summed E-state index contributed by atoms with van der Waals surface area (Å²) < 4.78 is 12.0. The van der Waals surface area contributed by atoms with Crippen LogP contribution in [0.15, 0.2) is 24.3 Å². The van der Waals surface area contributed by atoms with E-state index in [1.807, 2.05) is 24.3 Å². The van der Waals surface area contributed by atoms with Gasteiger partial charge in [-0.1, -0.05) is 11.6 Å². The molecule has 1 aromatic rings. The quantitative estimate of drug-likeness (QED) is 0.894. The average molecular weight is 268 g/mol. The van der Waals surface area contributed by atoms with Crippen molar-refractivity contribution in [3.63, 3.8) is 0 Å². The van der Waals surface area contributed by atoms with Gasteiger partial charge in [-0.05, 0) is 50.2 Å². The number of hydrogen-bond donors (Lipinski definition) is 1. The number of hydrogen-bond acceptors (Lipinski definition) is 3. The van der Waals surface area contributed by atoms with Crippen molar-refractivity contribution in [1.29, 1.82) is 0 Å². The summed E-state index contributed by atoms with van der Waals surface area (Å²) in [6.45, 7) is 2.80. The summed E-state index contributed by atoms with van der Waals surface area (Å²) in [6.07, 6.45) is 3.35. The molecule has 0 aromatic heterocycles. The summed E-state index contributed by atoms with van der Waals surface area (Å²) >= 11 is 5.86. The van der Waals surface area contributed by atoms with Crippen LogP contribution in [0.3, 0.4) is 0 Å². The van der Waals surface area contributed by atoms with Gasteiger partial charge in [-0.25, -0.2) is 0 Å². The minimum atomic E-state index is 0.0579. The SMILES string of the molecule is Clc1ccc(OC2COC3(CCNCC3)C2)cc1. The van der Waals surface area contributed by atoms with Gasteiger partial charge in [0.1, 0.15) is 11.9 Å². The molecule has 1 aromatic carbocycles. The van der Waals surface area contributed by atoms with Gasteiger partial charge >= 0.3 is 0 Å². The number of rotatable bonds is 2. The zero-order valence-electron chi connectivity index (χ0n) is 10.3. The summed E-state index contributed by atoms with van der Waals surface area (Å²) in [5.41, 5.74) is 0.0579. The van der Waals surface area contributed by atoms with Crippen LogP contribution in [0.4, 0.5) is 0 Å². The van der Waals surface area contributed by atoms with Crippen molar-refractivity contribution in [2.75, 3.05) is 19.7 Å². The Morgan fingerprint density at radius 3 is 2.67 bits per heavy atom. The molecule has 1 N–H and O–H groups in total. The predicted octanol–water partition coefficient (Wildman–Crippen LogP) is 2.63. The van der Waals surface area contributed by atoms with Crippen molar-refractivity contribution in [3.05, 3.63) is 29.3 Å². The molecular weight excluding hydrogens is 250 g/mol. The van der Waals surface area contributed by atoms with Gasteiger partial charge in [0.25, 0.3) is 0 Å². The third-order valence-electron chi connectivity index (χ3n) is 3.81. The molecule has 1 atom stereocenters. The van der Waals surface area contributed by atoms with Gasteiger partial charge in [-0.3, -0.25) is 0 Å². The first kappa shape index (κ1) is 12.3. The molecule has 18 heavy (non-hydrogen) atoms. The second-order valence-corrected chi connectivity index (χ2v) is 5.58. The van der Waals surface area contributed by atoms with Crippen molar-refractivity contribution in [3.8, 4) is 5.75 Å². The van der Waals surface area contributed by atoms with E-state index >= 15 is 0 Å². The maximum absolute atomic E-state index is 6.00. The highest BCUT2D eigenvalue weighted by Crippen LogP contribution is 2.35. The Kier molecular flexibility index (Phi) is 3.46. The standard InChI is InChI=1S/C14H18ClNO2/c15-11-1-3-12(4-2-11)18-13-9-14(17-10-13)5-7-16-8-6-14/h1-4,13,16H,5-10H2. The normalized spacial score (nSPS) is 26.4. The lowest BCUT2D eigenvalue weighted by atomic mass is 9.89. The van der Waals surface area contributed by atoms with Crippen molar-refractivity contribution in [2.24, 2.45) is 0 Å². The highest BCUT2D eigenvalue weighted by atomic mass is 35.5. The van der Waals surface area contributed by atoms with Gasteiger partial charge in [0.05, 0.1) is 12.2 Å². The van der Waals surface area contributed by atoms with E-state index in [1.165, 1.54) is 0 Å². The Morgan fingerprint density at radius 2 is 1.94 bits per heavy atom. The van der Waals surface area contributed by atoms with Crippen LogP contribution < -0.4 is 10.1 Å². The fourth-order valence-corrected chi connectivity index (χ4v) is 2.94. The van der Waals surface area contributed by atoms with Crippen molar-refractivity contribution >= 4 is 11.6 Å². The first-order valence-electron chi connectivity index (χ1n) is 6.53. The molecule has 1 unspecified atom stereocenters. The van der Waals surface area contributed by atoms with Gasteiger partial charge < -0.3 is 14.8 Å². The van der Waals surface area contributed by atoms with Crippen molar-refractivity contribution < 1.29 is 9.47 Å². The van der Waals surface area contributed by atoms with Gasteiger partial charge in [0, 0.05) is 11.4 Å². The number of ether oxygens (including phenoxy) is 2. The lowest BCUT2D eigenvalue weighted by molar-refractivity contribution is -0.0205. The molecule has 2 heterocycles. The van der Waals surface area contributed by atoms with E-state index in [0.29, 0.717) is 6.61 Å². The number of nitrogens with one attached hydrogen (secondary N) is 1. The molecule has 2 fully saturated rings. The van der Waals surface area contributed by atoms with Gasteiger partial charge in [0.15, 0.2) is 0 Å². The Hall–Kier alpha value is -0.770. The maximum atomic E-state index is 6.00. The molecule has 2 aliphatic heterocycles. The van der Waals surface area contributed by atoms with Crippen LogP contribution in [-0.2, 0) is 4.74 Å². The average Bonchev–Trinajstić information content (AvgIpc) is 2.76. The number of benzene rings is 1. The van der Waals surface area contributed by atoms with Gasteiger partial charge in [0.2, 0.25) is 0 Å². The fourth-order valence-electron chi connectivity index (χ4n) is 2.81. The minimum absolute atomic E-state index is 0.0579. The Morgan fingerprint density at radius 1 is 1.22 bits per heavy atom. The van der Waals surface area contributed by atoms with Crippen LogP contribution >= 0.6 is 11.6 Å². The van der Waals surface area contributed by atoms with Crippen LogP contribution in [0.5, 0.6) is 5.75 Å². The van der Waals surface area contributed by atoms with Crippen LogP contribution in [0, 0.1) is 0 Å². The van der Waals surface area contributed by atoms with Crippen LogP contribution in [0.2, 0.25) is 5.02 Å². The molecule has 0 bridgehead atoms. The van der Waals surface area contributed by atoms with Gasteiger partial charge in [-0.15, -0.1) is 0 Å². The molecule has 1 spiro atoms. The number of piperidine rings is 1. The van der Waals surface area contributed by atoms with E-state index in [2.05, 4.69) is 5.32 Å². The maximum Gasteiger partial charge on any atom is 0.125 e. The summed E-state index contributed by atoms with van der Waals surface area (Å²) in [6, 6.07) is 7.53. The van der Waals surface area contributed by atoms with E-state index < -0.39 is 0 Å². The second kappa shape index (κ2) is 5.08. The molecular formula is C14H18ClNO2. The highest BCUT2D eigenvalue weighted by Gasteiger charge is 2.42.